The summed E-state index contributed by atoms with van der Waals surface area (Å²) in [5, 5.41) is 0. The molecule has 7 nitrogen and oxygen atoms in total. The molecule has 0 radical (unpaired) electrons. The second-order valence-corrected chi connectivity index (χ2v) is 4.54. The third-order valence-corrected chi connectivity index (χ3v) is 3.35. The zero-order valence-electron chi connectivity index (χ0n) is 11.1. The predicted octanol–water partition coefficient (Wildman–Crippen LogP) is 0.484. The van der Waals surface area contributed by atoms with E-state index >= 15 is 0 Å². The Morgan fingerprint density at radius 3 is 2.30 bits per heavy atom. The fourth-order valence-electron chi connectivity index (χ4n) is 2.30. The maximum absolute atomic E-state index is 5.34. The molecule has 3 rings (SSSR count). The Labute approximate surface area is 117 Å². The Morgan fingerprint density at radius 1 is 0.900 bits per heavy atom. The Kier molecular flexibility index (Phi) is 3.60. The highest BCUT2D eigenvalue weighted by Crippen LogP contribution is 2.17. The summed E-state index contributed by atoms with van der Waals surface area (Å²) < 4.78 is 0. The first-order chi connectivity index (χ1) is 9.86. The SMILES string of the molecule is NNc1nccc(N2CCN(c3ccccn3)CC2)n1. The smallest absolute Gasteiger partial charge is 0.239 e. The summed E-state index contributed by atoms with van der Waals surface area (Å²) in [5.41, 5.74) is 2.47. The first-order valence-electron chi connectivity index (χ1n) is 6.57. The number of nitrogens with zero attached hydrogens (tertiary/aromatic N) is 5. The summed E-state index contributed by atoms with van der Waals surface area (Å²) >= 11 is 0. The average molecular weight is 271 g/mol. The summed E-state index contributed by atoms with van der Waals surface area (Å²) in [6.07, 6.45) is 3.54. The summed E-state index contributed by atoms with van der Waals surface area (Å²) in [5.74, 6) is 7.70. The lowest BCUT2D eigenvalue weighted by molar-refractivity contribution is 0.641. The molecule has 3 N–H and O–H groups in total. The van der Waals surface area contributed by atoms with E-state index in [-0.39, 0.29) is 0 Å². The number of rotatable bonds is 3. The van der Waals surface area contributed by atoms with Gasteiger partial charge in [0.25, 0.3) is 0 Å². The van der Waals surface area contributed by atoms with E-state index in [4.69, 9.17) is 5.84 Å². The number of anilines is 3. The van der Waals surface area contributed by atoms with Crippen LogP contribution in [0.25, 0.3) is 0 Å². The van der Waals surface area contributed by atoms with Crippen LogP contribution in [0.15, 0.2) is 36.7 Å². The first kappa shape index (κ1) is 12.6. The van der Waals surface area contributed by atoms with Gasteiger partial charge >= 0.3 is 0 Å². The highest BCUT2D eigenvalue weighted by atomic mass is 15.3. The van der Waals surface area contributed by atoms with E-state index in [1.807, 2.05) is 30.5 Å². The van der Waals surface area contributed by atoms with Crippen LogP contribution in [-0.2, 0) is 0 Å². The molecule has 0 amide bonds. The Balaban J connectivity index is 1.66. The minimum Gasteiger partial charge on any atom is -0.353 e. The lowest BCUT2D eigenvalue weighted by atomic mass is 10.3. The van der Waals surface area contributed by atoms with Crippen molar-refractivity contribution in [2.75, 3.05) is 41.4 Å². The first-order valence-corrected chi connectivity index (χ1v) is 6.57. The van der Waals surface area contributed by atoms with Crippen LogP contribution in [0.2, 0.25) is 0 Å². The number of hydrazine groups is 1. The van der Waals surface area contributed by atoms with Crippen molar-refractivity contribution < 1.29 is 0 Å². The van der Waals surface area contributed by atoms with Crippen molar-refractivity contribution in [2.24, 2.45) is 5.84 Å². The number of pyridine rings is 1. The van der Waals surface area contributed by atoms with Crippen molar-refractivity contribution in [3.05, 3.63) is 36.7 Å². The maximum Gasteiger partial charge on any atom is 0.239 e. The number of nitrogens with two attached hydrogens (primary N) is 1. The largest absolute Gasteiger partial charge is 0.353 e. The van der Waals surface area contributed by atoms with Crippen molar-refractivity contribution in [1.29, 1.82) is 0 Å². The van der Waals surface area contributed by atoms with Gasteiger partial charge in [0.15, 0.2) is 0 Å². The lowest BCUT2D eigenvalue weighted by Gasteiger charge is -2.36. The number of hydrogen-bond donors (Lipinski definition) is 2. The van der Waals surface area contributed by atoms with Crippen molar-refractivity contribution in [3.8, 4) is 0 Å². The highest BCUT2D eigenvalue weighted by Gasteiger charge is 2.19. The number of aromatic nitrogens is 3. The Bertz CT molecular complexity index is 552. The summed E-state index contributed by atoms with van der Waals surface area (Å²) in [6, 6.07) is 7.88. The second kappa shape index (κ2) is 5.70. The number of nitrogens with one attached hydrogen (secondary N) is 1. The molecule has 0 atom stereocenters. The predicted molar refractivity (Wildman–Crippen MR) is 78.5 cm³/mol. The van der Waals surface area contributed by atoms with E-state index < -0.39 is 0 Å². The number of nitrogen functional groups attached to an aromatic ring is 1. The zero-order chi connectivity index (χ0) is 13.8. The summed E-state index contributed by atoms with van der Waals surface area (Å²) in [7, 11) is 0. The van der Waals surface area contributed by atoms with Crippen LogP contribution < -0.4 is 21.1 Å². The van der Waals surface area contributed by atoms with Gasteiger partial charge in [0.05, 0.1) is 0 Å². The van der Waals surface area contributed by atoms with Crippen LogP contribution in [0.3, 0.4) is 0 Å². The fraction of sp³-hybridized carbons (Fsp3) is 0.308. The molecule has 0 saturated carbocycles. The van der Waals surface area contributed by atoms with E-state index in [9.17, 15) is 0 Å². The minimum absolute atomic E-state index is 0.439. The van der Waals surface area contributed by atoms with Gasteiger partial charge < -0.3 is 9.80 Å². The van der Waals surface area contributed by atoms with Crippen molar-refractivity contribution >= 4 is 17.6 Å². The Morgan fingerprint density at radius 2 is 1.65 bits per heavy atom. The van der Waals surface area contributed by atoms with E-state index in [1.165, 1.54) is 0 Å². The van der Waals surface area contributed by atoms with Crippen LogP contribution in [-0.4, -0.2) is 41.1 Å². The fourth-order valence-corrected chi connectivity index (χ4v) is 2.30. The molecule has 1 aliphatic heterocycles. The molecule has 1 fully saturated rings. The normalized spacial score (nSPS) is 15.2. The zero-order valence-corrected chi connectivity index (χ0v) is 11.1. The third kappa shape index (κ3) is 2.62. The number of hydrogen-bond acceptors (Lipinski definition) is 7. The molecule has 1 saturated heterocycles. The molecular weight excluding hydrogens is 254 g/mol. The second-order valence-electron chi connectivity index (χ2n) is 4.54. The highest BCUT2D eigenvalue weighted by molar-refractivity contribution is 5.46. The summed E-state index contributed by atoms with van der Waals surface area (Å²) in [6.45, 7) is 3.65. The van der Waals surface area contributed by atoms with Crippen LogP contribution in [0, 0.1) is 0 Å². The minimum atomic E-state index is 0.439. The van der Waals surface area contributed by atoms with Gasteiger partial charge in [-0.3, -0.25) is 5.43 Å². The molecule has 2 aromatic rings. The van der Waals surface area contributed by atoms with E-state index in [0.29, 0.717) is 5.95 Å². The topological polar surface area (TPSA) is 83.2 Å². The molecule has 1 aliphatic rings. The van der Waals surface area contributed by atoms with Crippen molar-refractivity contribution in [3.63, 3.8) is 0 Å². The van der Waals surface area contributed by atoms with Gasteiger partial charge in [0.2, 0.25) is 5.95 Å². The Hall–Kier alpha value is -2.41. The molecule has 20 heavy (non-hydrogen) atoms. The lowest BCUT2D eigenvalue weighted by Crippen LogP contribution is -2.47. The summed E-state index contributed by atoms with van der Waals surface area (Å²) in [4.78, 5) is 17.3. The van der Waals surface area contributed by atoms with E-state index in [0.717, 1.165) is 37.8 Å². The quantitative estimate of drug-likeness (QED) is 0.620. The van der Waals surface area contributed by atoms with Crippen LogP contribution in [0.5, 0.6) is 0 Å². The van der Waals surface area contributed by atoms with Gasteiger partial charge in [0.1, 0.15) is 11.6 Å². The average Bonchev–Trinajstić information content (AvgIpc) is 2.56. The molecule has 0 unspecified atom stereocenters. The molecule has 3 heterocycles. The molecule has 0 spiro atoms. The maximum atomic E-state index is 5.34. The van der Waals surface area contributed by atoms with Crippen molar-refractivity contribution in [1.82, 2.24) is 15.0 Å². The number of piperazine rings is 1. The standard InChI is InChI=1S/C13H17N7/c14-18-13-16-6-4-12(17-13)20-9-7-19(8-10-20)11-3-1-2-5-15-11/h1-6H,7-10,14H2,(H,16,17,18). The van der Waals surface area contributed by atoms with Gasteiger partial charge in [-0.25, -0.2) is 15.8 Å². The molecule has 0 bridgehead atoms. The molecule has 0 aliphatic carbocycles. The van der Waals surface area contributed by atoms with Gasteiger partial charge in [-0.15, -0.1) is 0 Å². The van der Waals surface area contributed by atoms with Gasteiger partial charge in [-0.2, -0.15) is 4.98 Å². The van der Waals surface area contributed by atoms with Crippen molar-refractivity contribution in [2.45, 2.75) is 0 Å². The van der Waals surface area contributed by atoms with E-state index in [1.54, 1.807) is 6.20 Å². The molecular formula is C13H17N7. The molecule has 0 aromatic carbocycles. The monoisotopic (exact) mass is 271 g/mol. The van der Waals surface area contributed by atoms with E-state index in [2.05, 4.69) is 30.2 Å². The van der Waals surface area contributed by atoms with Gasteiger partial charge in [0, 0.05) is 38.6 Å². The van der Waals surface area contributed by atoms with Gasteiger partial charge in [-0.1, -0.05) is 6.07 Å². The van der Waals surface area contributed by atoms with Crippen LogP contribution >= 0.6 is 0 Å². The third-order valence-electron chi connectivity index (χ3n) is 3.35. The molecule has 2 aromatic heterocycles. The van der Waals surface area contributed by atoms with Gasteiger partial charge in [-0.05, 0) is 18.2 Å². The molecule has 7 heteroatoms. The molecule has 104 valence electrons. The van der Waals surface area contributed by atoms with Crippen LogP contribution in [0.4, 0.5) is 17.6 Å². The van der Waals surface area contributed by atoms with Crippen LogP contribution in [0.1, 0.15) is 0 Å².